The van der Waals surface area contributed by atoms with Crippen molar-refractivity contribution in [2.75, 3.05) is 20.1 Å². The molecule has 1 aliphatic heterocycles. The fourth-order valence-corrected chi connectivity index (χ4v) is 5.77. The van der Waals surface area contributed by atoms with Crippen LogP contribution in [0.1, 0.15) is 168 Å². The SMILES string of the molecule is CCCCC/C=C\C/C=C\CCCCCCCC(=O)O[C@@H]1CN(C)C[C@H]1OC(=O)CCCCCCC/C=C\C/C=C\CCCCC. The highest BCUT2D eigenvalue weighted by molar-refractivity contribution is 5.70. The van der Waals surface area contributed by atoms with Crippen molar-refractivity contribution >= 4 is 11.9 Å². The highest BCUT2D eigenvalue weighted by Crippen LogP contribution is 2.19. The lowest BCUT2D eigenvalue weighted by atomic mass is 10.1. The Hall–Kier alpha value is -2.14. The normalized spacial score (nSPS) is 17.4. The Morgan fingerprint density at radius 3 is 1.20 bits per heavy atom. The van der Waals surface area contributed by atoms with E-state index in [1.54, 1.807) is 0 Å². The van der Waals surface area contributed by atoms with Crippen LogP contribution in [0.5, 0.6) is 0 Å². The number of allylic oxidation sites excluding steroid dienone is 8. The van der Waals surface area contributed by atoms with Crippen molar-refractivity contribution in [1.29, 1.82) is 0 Å². The van der Waals surface area contributed by atoms with Crippen LogP contribution in [0.4, 0.5) is 0 Å². The van der Waals surface area contributed by atoms with Crippen LogP contribution in [0, 0.1) is 0 Å². The van der Waals surface area contributed by atoms with Gasteiger partial charge in [-0.3, -0.25) is 14.5 Å². The molecule has 46 heavy (non-hydrogen) atoms. The standard InChI is InChI=1S/C41H71NO4/c1-4-6-8-10-12-14-16-18-20-22-24-26-28-30-32-34-40(43)45-38-36-42(3)37-39(38)46-41(44)35-33-31-29-27-25-23-21-19-17-15-13-11-9-7-5-2/h12-15,18-21,38-39H,4-11,16-17,22-37H2,1-3H3/b14-12-,15-13-,20-18-,21-19-/t38-,39-/m1/s1. The summed E-state index contributed by atoms with van der Waals surface area (Å²) in [7, 11) is 1.98. The van der Waals surface area contributed by atoms with Gasteiger partial charge in [-0.1, -0.05) is 127 Å². The molecule has 0 N–H and O–H groups in total. The number of carbonyl (C=O) groups is 2. The second-order valence-electron chi connectivity index (χ2n) is 13.2. The molecular weight excluding hydrogens is 570 g/mol. The molecule has 0 unspecified atom stereocenters. The monoisotopic (exact) mass is 642 g/mol. The molecule has 0 aromatic rings. The van der Waals surface area contributed by atoms with Crippen molar-refractivity contribution in [3.63, 3.8) is 0 Å². The van der Waals surface area contributed by atoms with Gasteiger partial charge in [-0.25, -0.2) is 0 Å². The molecule has 0 amide bonds. The third kappa shape index (κ3) is 26.0. The highest BCUT2D eigenvalue weighted by atomic mass is 16.6. The van der Waals surface area contributed by atoms with Gasteiger partial charge in [0.1, 0.15) is 0 Å². The van der Waals surface area contributed by atoms with Gasteiger partial charge in [-0.05, 0) is 84.1 Å². The first-order valence-corrected chi connectivity index (χ1v) is 19.2. The number of likely N-dealkylation sites (tertiary alicyclic amines) is 1. The number of hydrogen-bond acceptors (Lipinski definition) is 5. The Kier molecular flexibility index (Phi) is 28.6. The van der Waals surface area contributed by atoms with Crippen LogP contribution in [-0.4, -0.2) is 49.2 Å². The number of rotatable bonds is 30. The molecule has 0 aromatic heterocycles. The van der Waals surface area contributed by atoms with Crippen LogP contribution in [0.2, 0.25) is 0 Å². The van der Waals surface area contributed by atoms with E-state index < -0.39 is 0 Å². The Bertz CT molecular complexity index is 777. The van der Waals surface area contributed by atoms with Gasteiger partial charge in [-0.2, -0.15) is 0 Å². The molecule has 0 radical (unpaired) electrons. The zero-order chi connectivity index (χ0) is 33.3. The predicted molar refractivity (Wildman–Crippen MR) is 196 cm³/mol. The second kappa shape index (κ2) is 31.5. The average Bonchev–Trinajstić information content (AvgIpc) is 3.38. The van der Waals surface area contributed by atoms with Crippen molar-refractivity contribution in [2.24, 2.45) is 0 Å². The number of esters is 2. The van der Waals surface area contributed by atoms with Gasteiger partial charge in [0, 0.05) is 25.9 Å². The summed E-state index contributed by atoms with van der Waals surface area (Å²) in [6.07, 6.45) is 44.0. The van der Waals surface area contributed by atoms with E-state index in [9.17, 15) is 9.59 Å². The topological polar surface area (TPSA) is 55.8 Å². The summed E-state index contributed by atoms with van der Waals surface area (Å²) in [6, 6.07) is 0. The molecule has 0 spiro atoms. The Morgan fingerprint density at radius 1 is 0.500 bits per heavy atom. The van der Waals surface area contributed by atoms with E-state index in [1.165, 1.54) is 77.0 Å². The van der Waals surface area contributed by atoms with Crippen LogP contribution in [0.15, 0.2) is 48.6 Å². The molecule has 264 valence electrons. The molecule has 1 heterocycles. The van der Waals surface area contributed by atoms with Crippen LogP contribution >= 0.6 is 0 Å². The van der Waals surface area contributed by atoms with Crippen LogP contribution in [-0.2, 0) is 19.1 Å². The van der Waals surface area contributed by atoms with Gasteiger partial charge in [0.2, 0.25) is 0 Å². The number of hydrogen-bond donors (Lipinski definition) is 0. The Balaban J connectivity index is 2.04. The van der Waals surface area contributed by atoms with E-state index in [2.05, 4.69) is 67.4 Å². The number of unbranched alkanes of at least 4 members (excludes halogenated alkanes) is 16. The van der Waals surface area contributed by atoms with Crippen molar-refractivity contribution < 1.29 is 19.1 Å². The predicted octanol–water partition coefficient (Wildman–Crippen LogP) is 11.4. The molecule has 1 fully saturated rings. The van der Waals surface area contributed by atoms with Crippen molar-refractivity contribution in [3.8, 4) is 0 Å². The molecule has 1 aliphatic rings. The maximum absolute atomic E-state index is 12.5. The lowest BCUT2D eigenvalue weighted by molar-refractivity contribution is -0.164. The fraction of sp³-hybridized carbons (Fsp3) is 0.756. The maximum Gasteiger partial charge on any atom is 0.306 e. The van der Waals surface area contributed by atoms with Crippen molar-refractivity contribution in [3.05, 3.63) is 48.6 Å². The zero-order valence-electron chi connectivity index (χ0n) is 30.2. The highest BCUT2D eigenvalue weighted by Gasteiger charge is 2.36. The number of ether oxygens (including phenoxy) is 2. The molecule has 0 aromatic carbocycles. The summed E-state index contributed by atoms with van der Waals surface area (Å²) >= 11 is 0. The summed E-state index contributed by atoms with van der Waals surface area (Å²) in [4.78, 5) is 27.1. The van der Waals surface area contributed by atoms with Gasteiger partial charge >= 0.3 is 11.9 Å². The molecule has 1 saturated heterocycles. The van der Waals surface area contributed by atoms with Crippen molar-refractivity contribution in [1.82, 2.24) is 4.90 Å². The minimum Gasteiger partial charge on any atom is -0.457 e. The second-order valence-corrected chi connectivity index (χ2v) is 13.2. The van der Waals surface area contributed by atoms with E-state index in [1.807, 2.05) is 7.05 Å². The van der Waals surface area contributed by atoms with Gasteiger partial charge in [0.15, 0.2) is 12.2 Å². The van der Waals surface area contributed by atoms with Crippen LogP contribution in [0.3, 0.4) is 0 Å². The summed E-state index contributed by atoms with van der Waals surface area (Å²) in [5.74, 6) is -0.332. The molecule has 0 bridgehead atoms. The molecule has 5 heteroatoms. The minimum absolute atomic E-state index is 0.166. The minimum atomic E-state index is -0.357. The largest absolute Gasteiger partial charge is 0.457 e. The van der Waals surface area contributed by atoms with E-state index in [0.29, 0.717) is 25.9 Å². The summed E-state index contributed by atoms with van der Waals surface area (Å²) in [6.45, 7) is 5.73. The molecule has 1 rings (SSSR count). The lowest BCUT2D eigenvalue weighted by Crippen LogP contribution is -2.33. The summed E-state index contributed by atoms with van der Waals surface area (Å²) < 4.78 is 11.5. The molecule has 2 atom stereocenters. The number of nitrogens with zero attached hydrogens (tertiary/aromatic N) is 1. The Morgan fingerprint density at radius 2 is 0.826 bits per heavy atom. The summed E-state index contributed by atoms with van der Waals surface area (Å²) in [5, 5.41) is 0. The quantitative estimate of drug-likeness (QED) is 0.0444. The van der Waals surface area contributed by atoms with E-state index in [0.717, 1.165) is 64.2 Å². The van der Waals surface area contributed by atoms with E-state index in [4.69, 9.17) is 9.47 Å². The van der Waals surface area contributed by atoms with E-state index in [-0.39, 0.29) is 24.1 Å². The Labute approximate surface area is 284 Å². The molecule has 0 aliphatic carbocycles. The number of likely N-dealkylation sites (N-methyl/N-ethyl adjacent to an activating group) is 1. The first-order chi connectivity index (χ1) is 22.6. The molecule has 0 saturated carbocycles. The van der Waals surface area contributed by atoms with E-state index >= 15 is 0 Å². The van der Waals surface area contributed by atoms with Gasteiger partial charge in [-0.15, -0.1) is 0 Å². The number of carbonyl (C=O) groups excluding carboxylic acids is 2. The van der Waals surface area contributed by atoms with Gasteiger partial charge in [0.05, 0.1) is 0 Å². The maximum atomic E-state index is 12.5. The summed E-state index contributed by atoms with van der Waals surface area (Å²) in [5.41, 5.74) is 0. The smallest absolute Gasteiger partial charge is 0.306 e. The van der Waals surface area contributed by atoms with Crippen LogP contribution in [0.25, 0.3) is 0 Å². The average molecular weight is 642 g/mol. The van der Waals surface area contributed by atoms with Crippen LogP contribution < -0.4 is 0 Å². The fourth-order valence-electron chi connectivity index (χ4n) is 5.77. The molecule has 5 nitrogen and oxygen atoms in total. The third-order valence-electron chi connectivity index (χ3n) is 8.63. The zero-order valence-corrected chi connectivity index (χ0v) is 30.2. The van der Waals surface area contributed by atoms with Crippen molar-refractivity contribution in [2.45, 2.75) is 180 Å². The third-order valence-corrected chi connectivity index (χ3v) is 8.63. The first-order valence-electron chi connectivity index (χ1n) is 19.2. The first kappa shape index (κ1) is 41.9. The lowest BCUT2D eigenvalue weighted by Gasteiger charge is -2.19. The van der Waals surface area contributed by atoms with Gasteiger partial charge < -0.3 is 9.47 Å². The molecular formula is C41H71NO4. The van der Waals surface area contributed by atoms with Gasteiger partial charge in [0.25, 0.3) is 0 Å².